The maximum Gasteiger partial charge on any atom is 0.231 e. The van der Waals surface area contributed by atoms with E-state index in [2.05, 4.69) is 16.8 Å². The average Bonchev–Trinajstić information content (AvgIpc) is 2.98. The van der Waals surface area contributed by atoms with Gasteiger partial charge in [-0.1, -0.05) is 0 Å². The van der Waals surface area contributed by atoms with Gasteiger partial charge in [-0.3, -0.25) is 9.69 Å². The predicted molar refractivity (Wildman–Crippen MR) is 85.8 cm³/mol. The summed E-state index contributed by atoms with van der Waals surface area (Å²) in [6, 6.07) is 0. The zero-order chi connectivity index (χ0) is 15.5. The number of aryl methyl sites for hydroxylation is 2. The summed E-state index contributed by atoms with van der Waals surface area (Å²) < 4.78 is 5.81. The molecule has 6 nitrogen and oxygen atoms in total. The number of primary amides is 1. The fraction of sp³-hybridized carbons (Fsp3) is 0.733. The molecule has 122 valence electrons. The van der Waals surface area contributed by atoms with Crippen molar-refractivity contribution in [2.24, 2.45) is 5.73 Å². The standard InChI is InChI=1S/C15H24N4O2S/c1-18-5-6-21-11(7-18)8-19(9-14(16)20)10-15-17-12-3-2-4-13(12)22-15/h11H,2-10H2,1H3,(H2,16,20)/t11-/m0/s1. The number of hydrogen-bond acceptors (Lipinski definition) is 6. The average molecular weight is 324 g/mol. The smallest absolute Gasteiger partial charge is 0.231 e. The molecule has 1 aromatic rings. The molecule has 0 saturated carbocycles. The minimum atomic E-state index is -0.298. The van der Waals surface area contributed by atoms with E-state index in [0.717, 1.165) is 44.1 Å². The Kier molecular flexibility index (Phi) is 5.07. The highest BCUT2D eigenvalue weighted by atomic mass is 32.1. The highest BCUT2D eigenvalue weighted by molar-refractivity contribution is 7.11. The van der Waals surface area contributed by atoms with Crippen molar-refractivity contribution in [2.45, 2.75) is 31.9 Å². The van der Waals surface area contributed by atoms with E-state index in [-0.39, 0.29) is 18.6 Å². The van der Waals surface area contributed by atoms with E-state index in [9.17, 15) is 4.79 Å². The largest absolute Gasteiger partial charge is 0.374 e. The minimum Gasteiger partial charge on any atom is -0.374 e. The Balaban J connectivity index is 1.62. The van der Waals surface area contributed by atoms with Gasteiger partial charge in [0.15, 0.2) is 0 Å². The number of aromatic nitrogens is 1. The number of fused-ring (bicyclic) bond motifs is 1. The second-order valence-corrected chi connectivity index (χ2v) is 7.39. The molecule has 1 atom stereocenters. The van der Waals surface area contributed by atoms with Crippen LogP contribution in [0.2, 0.25) is 0 Å². The van der Waals surface area contributed by atoms with Crippen LogP contribution in [0, 0.1) is 0 Å². The molecule has 1 fully saturated rings. The van der Waals surface area contributed by atoms with Crippen molar-refractivity contribution in [1.29, 1.82) is 0 Å². The van der Waals surface area contributed by atoms with Gasteiger partial charge < -0.3 is 15.4 Å². The maximum atomic E-state index is 11.4. The van der Waals surface area contributed by atoms with Gasteiger partial charge in [-0.25, -0.2) is 4.98 Å². The zero-order valence-electron chi connectivity index (χ0n) is 13.1. The number of thiazole rings is 1. The predicted octanol–water partition coefficient (Wildman–Crippen LogP) is 0.250. The first-order valence-electron chi connectivity index (χ1n) is 7.88. The van der Waals surface area contributed by atoms with E-state index >= 15 is 0 Å². The molecule has 3 rings (SSSR count). The van der Waals surface area contributed by atoms with E-state index in [1.54, 1.807) is 11.3 Å². The highest BCUT2D eigenvalue weighted by Crippen LogP contribution is 2.28. The van der Waals surface area contributed by atoms with Crippen LogP contribution in [0.3, 0.4) is 0 Å². The number of hydrogen-bond donors (Lipinski definition) is 1. The SMILES string of the molecule is CN1CCO[C@H](CN(CC(N)=O)Cc2nc3c(s2)CCC3)C1. The van der Waals surface area contributed by atoms with Crippen molar-refractivity contribution < 1.29 is 9.53 Å². The van der Waals surface area contributed by atoms with Gasteiger partial charge in [-0.15, -0.1) is 11.3 Å². The number of carbonyl (C=O) groups is 1. The number of ether oxygens (including phenoxy) is 1. The zero-order valence-corrected chi connectivity index (χ0v) is 13.9. The molecule has 2 aliphatic rings. The fourth-order valence-electron chi connectivity index (χ4n) is 3.17. The highest BCUT2D eigenvalue weighted by Gasteiger charge is 2.23. The number of morpholine rings is 1. The molecule has 1 aromatic heterocycles. The number of rotatable bonds is 6. The topological polar surface area (TPSA) is 71.7 Å². The van der Waals surface area contributed by atoms with Crippen LogP contribution in [0.5, 0.6) is 0 Å². The summed E-state index contributed by atoms with van der Waals surface area (Å²) in [6.07, 6.45) is 3.60. The van der Waals surface area contributed by atoms with E-state index in [1.807, 2.05) is 0 Å². The van der Waals surface area contributed by atoms with Crippen molar-refractivity contribution in [3.05, 3.63) is 15.6 Å². The molecule has 0 radical (unpaired) electrons. The fourth-order valence-corrected chi connectivity index (χ4v) is 4.37. The van der Waals surface area contributed by atoms with Crippen LogP contribution in [-0.4, -0.2) is 66.6 Å². The third kappa shape index (κ3) is 4.04. The van der Waals surface area contributed by atoms with Gasteiger partial charge >= 0.3 is 0 Å². The first-order valence-corrected chi connectivity index (χ1v) is 8.70. The number of nitrogens with zero attached hydrogens (tertiary/aromatic N) is 3. The second kappa shape index (κ2) is 7.04. The lowest BCUT2D eigenvalue weighted by molar-refractivity contribution is -0.120. The molecule has 2 N–H and O–H groups in total. The Hall–Kier alpha value is -1.02. The van der Waals surface area contributed by atoms with Crippen LogP contribution in [0.15, 0.2) is 0 Å². The molecular weight excluding hydrogens is 300 g/mol. The van der Waals surface area contributed by atoms with Crippen molar-refractivity contribution >= 4 is 17.2 Å². The molecule has 1 aliphatic carbocycles. The van der Waals surface area contributed by atoms with Crippen molar-refractivity contribution in [3.8, 4) is 0 Å². The number of amides is 1. The Bertz CT molecular complexity index is 512. The van der Waals surface area contributed by atoms with Crippen molar-refractivity contribution in [2.75, 3.05) is 39.8 Å². The normalized spacial score (nSPS) is 22.2. The Morgan fingerprint density at radius 2 is 2.41 bits per heavy atom. The van der Waals surface area contributed by atoms with Gasteiger partial charge in [-0.2, -0.15) is 0 Å². The van der Waals surface area contributed by atoms with Crippen LogP contribution in [0.1, 0.15) is 22.0 Å². The Labute approximate surface area is 135 Å². The molecule has 0 spiro atoms. The van der Waals surface area contributed by atoms with Gasteiger partial charge in [0.2, 0.25) is 5.91 Å². The summed E-state index contributed by atoms with van der Waals surface area (Å²) in [6.45, 7) is 4.27. The van der Waals surface area contributed by atoms with Crippen molar-refractivity contribution in [3.63, 3.8) is 0 Å². The Morgan fingerprint density at radius 3 is 3.14 bits per heavy atom. The molecule has 2 heterocycles. The van der Waals surface area contributed by atoms with Crippen LogP contribution in [0.25, 0.3) is 0 Å². The number of nitrogens with two attached hydrogens (primary N) is 1. The molecule has 0 aromatic carbocycles. The summed E-state index contributed by atoms with van der Waals surface area (Å²) in [5, 5.41) is 1.09. The van der Waals surface area contributed by atoms with E-state index in [0.29, 0.717) is 6.54 Å². The van der Waals surface area contributed by atoms with Crippen LogP contribution >= 0.6 is 11.3 Å². The summed E-state index contributed by atoms with van der Waals surface area (Å²) in [5.41, 5.74) is 6.66. The van der Waals surface area contributed by atoms with E-state index in [4.69, 9.17) is 15.5 Å². The van der Waals surface area contributed by atoms with Gasteiger partial charge in [0.05, 0.1) is 31.5 Å². The molecule has 1 saturated heterocycles. The van der Waals surface area contributed by atoms with Gasteiger partial charge in [0, 0.05) is 24.5 Å². The summed E-state index contributed by atoms with van der Waals surface area (Å²) in [4.78, 5) is 21.8. The lowest BCUT2D eigenvalue weighted by atomic mass is 10.2. The van der Waals surface area contributed by atoms with Gasteiger partial charge in [0.25, 0.3) is 0 Å². The third-order valence-corrected chi connectivity index (χ3v) is 5.32. The molecule has 1 amide bonds. The molecule has 0 bridgehead atoms. The summed E-state index contributed by atoms with van der Waals surface area (Å²) >= 11 is 1.78. The van der Waals surface area contributed by atoms with E-state index in [1.165, 1.54) is 17.0 Å². The van der Waals surface area contributed by atoms with Crippen LogP contribution in [0.4, 0.5) is 0 Å². The Morgan fingerprint density at radius 1 is 1.55 bits per heavy atom. The molecule has 22 heavy (non-hydrogen) atoms. The van der Waals surface area contributed by atoms with Crippen molar-refractivity contribution in [1.82, 2.24) is 14.8 Å². The quantitative estimate of drug-likeness (QED) is 0.812. The third-order valence-electron chi connectivity index (χ3n) is 4.18. The number of carbonyl (C=O) groups excluding carboxylic acids is 1. The molecule has 1 aliphatic heterocycles. The summed E-state index contributed by atoms with van der Waals surface area (Å²) in [5.74, 6) is -0.298. The monoisotopic (exact) mass is 324 g/mol. The first-order chi connectivity index (χ1) is 10.6. The van der Waals surface area contributed by atoms with Gasteiger partial charge in [-0.05, 0) is 26.3 Å². The second-order valence-electron chi connectivity index (χ2n) is 6.22. The first kappa shape index (κ1) is 15.9. The molecular formula is C15H24N4O2S. The van der Waals surface area contributed by atoms with E-state index < -0.39 is 0 Å². The minimum absolute atomic E-state index is 0.130. The number of likely N-dealkylation sites (N-methyl/N-ethyl adjacent to an activating group) is 1. The van der Waals surface area contributed by atoms with Crippen LogP contribution in [-0.2, 0) is 28.9 Å². The molecule has 7 heteroatoms. The lowest BCUT2D eigenvalue weighted by Crippen LogP contribution is -2.47. The summed E-state index contributed by atoms with van der Waals surface area (Å²) in [7, 11) is 2.10. The van der Waals surface area contributed by atoms with Crippen LogP contribution < -0.4 is 5.73 Å². The molecule has 0 unspecified atom stereocenters. The van der Waals surface area contributed by atoms with Gasteiger partial charge in [0.1, 0.15) is 5.01 Å². The maximum absolute atomic E-state index is 11.4. The lowest BCUT2D eigenvalue weighted by Gasteiger charge is -2.33.